The quantitative estimate of drug-likeness (QED) is 0.775. The van der Waals surface area contributed by atoms with Gasteiger partial charge in [0, 0.05) is 13.1 Å². The van der Waals surface area contributed by atoms with Gasteiger partial charge >= 0.3 is 0 Å². The van der Waals surface area contributed by atoms with Crippen molar-refractivity contribution >= 4 is 21.6 Å². The molecular weight excluding hydrogens is 296 g/mol. The maximum atomic E-state index is 12.3. The van der Waals surface area contributed by atoms with Gasteiger partial charge in [-0.25, -0.2) is 13.1 Å². The highest BCUT2D eigenvalue weighted by atomic mass is 35.5. The Labute approximate surface area is 127 Å². The fraction of sp³-hybridized carbons (Fsp3) is 0.571. The predicted octanol–water partition coefficient (Wildman–Crippen LogP) is 2.77. The van der Waals surface area contributed by atoms with E-state index in [0.29, 0.717) is 19.0 Å². The first-order chi connectivity index (χ1) is 9.40. The molecule has 1 aromatic rings. The second-order valence-electron chi connectivity index (χ2n) is 4.91. The molecule has 0 bridgehead atoms. The molecule has 0 heterocycles. The van der Waals surface area contributed by atoms with E-state index in [0.717, 1.165) is 18.5 Å². The SMILES string of the molecule is CCNCc1ccc(Cl)c(S(=O)(=O)NCC(C)CC)c1. The summed E-state index contributed by atoms with van der Waals surface area (Å²) >= 11 is 6.02. The van der Waals surface area contributed by atoms with Crippen molar-refractivity contribution in [2.75, 3.05) is 13.1 Å². The van der Waals surface area contributed by atoms with Crippen LogP contribution in [0.25, 0.3) is 0 Å². The Hall–Kier alpha value is -0.620. The maximum Gasteiger partial charge on any atom is 0.242 e. The van der Waals surface area contributed by atoms with E-state index < -0.39 is 10.0 Å². The first-order valence-electron chi connectivity index (χ1n) is 6.89. The minimum Gasteiger partial charge on any atom is -0.313 e. The number of benzene rings is 1. The number of hydrogen-bond donors (Lipinski definition) is 2. The number of nitrogens with one attached hydrogen (secondary N) is 2. The van der Waals surface area contributed by atoms with Crippen molar-refractivity contribution in [3.05, 3.63) is 28.8 Å². The molecule has 6 heteroatoms. The van der Waals surface area contributed by atoms with Crippen molar-refractivity contribution in [2.45, 2.75) is 38.6 Å². The van der Waals surface area contributed by atoms with Crippen LogP contribution >= 0.6 is 11.6 Å². The highest BCUT2D eigenvalue weighted by molar-refractivity contribution is 7.89. The van der Waals surface area contributed by atoms with E-state index in [1.165, 1.54) is 0 Å². The van der Waals surface area contributed by atoms with E-state index in [9.17, 15) is 8.42 Å². The Morgan fingerprint density at radius 3 is 2.60 bits per heavy atom. The van der Waals surface area contributed by atoms with Crippen LogP contribution in [0, 0.1) is 5.92 Å². The van der Waals surface area contributed by atoms with E-state index in [1.807, 2.05) is 26.8 Å². The summed E-state index contributed by atoms with van der Waals surface area (Å²) in [5.74, 6) is 0.300. The Balaban J connectivity index is 2.92. The molecule has 0 saturated heterocycles. The van der Waals surface area contributed by atoms with Crippen LogP contribution in [0.1, 0.15) is 32.8 Å². The molecule has 1 rings (SSSR count). The largest absolute Gasteiger partial charge is 0.313 e. The predicted molar refractivity (Wildman–Crippen MR) is 83.5 cm³/mol. The highest BCUT2D eigenvalue weighted by Crippen LogP contribution is 2.22. The Morgan fingerprint density at radius 1 is 1.30 bits per heavy atom. The summed E-state index contributed by atoms with van der Waals surface area (Å²) in [7, 11) is -3.55. The Morgan fingerprint density at radius 2 is 2.00 bits per heavy atom. The fourth-order valence-electron chi connectivity index (χ4n) is 1.61. The second kappa shape index (κ2) is 7.98. The van der Waals surface area contributed by atoms with Crippen LogP contribution < -0.4 is 10.0 Å². The van der Waals surface area contributed by atoms with E-state index >= 15 is 0 Å². The zero-order valence-corrected chi connectivity index (χ0v) is 13.8. The lowest BCUT2D eigenvalue weighted by Gasteiger charge is -2.13. The lowest BCUT2D eigenvalue weighted by atomic mass is 10.1. The second-order valence-corrected chi connectivity index (χ2v) is 7.05. The molecule has 0 amide bonds. The molecule has 1 unspecified atom stereocenters. The zero-order chi connectivity index (χ0) is 15.2. The summed E-state index contributed by atoms with van der Waals surface area (Å²) in [5, 5.41) is 3.42. The smallest absolute Gasteiger partial charge is 0.242 e. The van der Waals surface area contributed by atoms with Crippen molar-refractivity contribution in [3.8, 4) is 0 Å². The molecular formula is C14H23ClN2O2S. The van der Waals surface area contributed by atoms with Gasteiger partial charge in [0.05, 0.1) is 5.02 Å². The van der Waals surface area contributed by atoms with Gasteiger partial charge in [-0.2, -0.15) is 0 Å². The molecule has 0 fully saturated rings. The van der Waals surface area contributed by atoms with Gasteiger partial charge in [0.1, 0.15) is 4.90 Å². The number of sulfonamides is 1. The van der Waals surface area contributed by atoms with Crippen molar-refractivity contribution in [3.63, 3.8) is 0 Å². The van der Waals surface area contributed by atoms with Crippen molar-refractivity contribution in [1.82, 2.24) is 10.0 Å². The number of hydrogen-bond acceptors (Lipinski definition) is 3. The summed E-state index contributed by atoms with van der Waals surface area (Å²) in [6.07, 6.45) is 0.927. The molecule has 1 aromatic carbocycles. The molecule has 0 saturated carbocycles. The third kappa shape index (κ3) is 5.05. The summed E-state index contributed by atoms with van der Waals surface area (Å²) in [4.78, 5) is 0.151. The van der Waals surface area contributed by atoms with E-state index in [-0.39, 0.29) is 9.92 Å². The van der Waals surface area contributed by atoms with Crippen LogP contribution in [0.5, 0.6) is 0 Å². The molecule has 0 aliphatic carbocycles. The highest BCUT2D eigenvalue weighted by Gasteiger charge is 2.18. The topological polar surface area (TPSA) is 58.2 Å². The van der Waals surface area contributed by atoms with Gasteiger partial charge in [0.2, 0.25) is 10.0 Å². The lowest BCUT2D eigenvalue weighted by Crippen LogP contribution is -2.28. The van der Waals surface area contributed by atoms with Gasteiger partial charge in [-0.3, -0.25) is 0 Å². The van der Waals surface area contributed by atoms with Gasteiger partial charge in [0.15, 0.2) is 0 Å². The average Bonchev–Trinajstić information content (AvgIpc) is 2.43. The first-order valence-corrected chi connectivity index (χ1v) is 8.75. The van der Waals surface area contributed by atoms with Gasteiger partial charge in [-0.05, 0) is 30.2 Å². The van der Waals surface area contributed by atoms with E-state index in [1.54, 1.807) is 12.1 Å². The Bertz CT molecular complexity index is 532. The van der Waals surface area contributed by atoms with Crippen LogP contribution in [0.4, 0.5) is 0 Å². The van der Waals surface area contributed by atoms with Crippen LogP contribution in [0.15, 0.2) is 23.1 Å². The summed E-state index contributed by atoms with van der Waals surface area (Å²) < 4.78 is 27.2. The van der Waals surface area contributed by atoms with Crippen LogP contribution in [0.3, 0.4) is 0 Å². The monoisotopic (exact) mass is 318 g/mol. The van der Waals surface area contributed by atoms with Crippen molar-refractivity contribution in [2.24, 2.45) is 5.92 Å². The van der Waals surface area contributed by atoms with Crippen molar-refractivity contribution < 1.29 is 8.42 Å². The van der Waals surface area contributed by atoms with Crippen LogP contribution in [-0.2, 0) is 16.6 Å². The minimum atomic E-state index is -3.55. The molecule has 4 nitrogen and oxygen atoms in total. The first kappa shape index (κ1) is 17.4. The number of rotatable bonds is 8. The fourth-order valence-corrected chi connectivity index (χ4v) is 3.32. The minimum absolute atomic E-state index is 0.151. The molecule has 20 heavy (non-hydrogen) atoms. The van der Waals surface area contributed by atoms with Gasteiger partial charge in [-0.15, -0.1) is 0 Å². The standard InChI is InChI=1S/C14H23ClN2O2S/c1-4-11(3)9-17-20(18,19)14-8-12(10-16-5-2)6-7-13(14)15/h6-8,11,16-17H,4-5,9-10H2,1-3H3. The van der Waals surface area contributed by atoms with Crippen LogP contribution in [-0.4, -0.2) is 21.5 Å². The average molecular weight is 319 g/mol. The molecule has 0 radical (unpaired) electrons. The molecule has 1 atom stereocenters. The zero-order valence-electron chi connectivity index (χ0n) is 12.2. The molecule has 0 aliphatic heterocycles. The van der Waals surface area contributed by atoms with Gasteiger partial charge in [-0.1, -0.05) is 44.9 Å². The third-order valence-electron chi connectivity index (χ3n) is 3.18. The molecule has 0 aromatic heterocycles. The summed E-state index contributed by atoms with van der Waals surface area (Å²) in [6, 6.07) is 5.09. The maximum absolute atomic E-state index is 12.3. The van der Waals surface area contributed by atoms with Gasteiger partial charge < -0.3 is 5.32 Å². The third-order valence-corrected chi connectivity index (χ3v) is 5.09. The molecule has 2 N–H and O–H groups in total. The normalized spacial score (nSPS) is 13.4. The van der Waals surface area contributed by atoms with Crippen molar-refractivity contribution in [1.29, 1.82) is 0 Å². The van der Waals surface area contributed by atoms with Crippen LogP contribution in [0.2, 0.25) is 5.02 Å². The van der Waals surface area contributed by atoms with Gasteiger partial charge in [0.25, 0.3) is 0 Å². The summed E-state index contributed by atoms with van der Waals surface area (Å²) in [5.41, 5.74) is 0.903. The van der Waals surface area contributed by atoms with E-state index in [4.69, 9.17) is 11.6 Å². The summed E-state index contributed by atoms with van der Waals surface area (Å²) in [6.45, 7) is 7.92. The molecule has 114 valence electrons. The molecule has 0 aliphatic rings. The Kier molecular flexibility index (Phi) is 6.95. The number of halogens is 1. The van der Waals surface area contributed by atoms with E-state index in [2.05, 4.69) is 10.0 Å². The molecule has 0 spiro atoms. The lowest BCUT2D eigenvalue weighted by molar-refractivity contribution is 0.528.